The number of amides is 1. The molecule has 1 aliphatic heterocycles. The van der Waals surface area contributed by atoms with Gasteiger partial charge in [0, 0.05) is 42.6 Å². The zero-order valence-corrected chi connectivity index (χ0v) is 14.3. The number of nitrogens with zero attached hydrogens (tertiary/aromatic N) is 2. The molecular formula is C19H17F3N4O. The fourth-order valence-electron chi connectivity index (χ4n) is 3.28. The Morgan fingerprint density at radius 2 is 2.07 bits per heavy atom. The maximum absolute atomic E-state index is 12.6. The van der Waals surface area contributed by atoms with Crippen molar-refractivity contribution in [1.82, 2.24) is 15.3 Å². The summed E-state index contributed by atoms with van der Waals surface area (Å²) in [4.78, 5) is 21.3. The molecule has 4 rings (SSSR count). The van der Waals surface area contributed by atoms with Gasteiger partial charge < -0.3 is 15.2 Å². The Balaban J connectivity index is 1.39. The van der Waals surface area contributed by atoms with Crippen molar-refractivity contribution in [2.24, 2.45) is 0 Å². The van der Waals surface area contributed by atoms with Crippen LogP contribution in [0, 0.1) is 0 Å². The predicted octanol–water partition coefficient (Wildman–Crippen LogP) is 3.59. The number of anilines is 1. The normalized spacial score (nSPS) is 17.4. The van der Waals surface area contributed by atoms with Crippen LogP contribution in [0.2, 0.25) is 0 Å². The summed E-state index contributed by atoms with van der Waals surface area (Å²) in [5, 5.41) is 4.02. The molecule has 1 fully saturated rings. The highest BCUT2D eigenvalue weighted by Crippen LogP contribution is 2.30. The van der Waals surface area contributed by atoms with Crippen molar-refractivity contribution in [2.75, 3.05) is 18.0 Å². The average molecular weight is 374 g/mol. The summed E-state index contributed by atoms with van der Waals surface area (Å²) in [7, 11) is 0. The molecule has 2 aromatic heterocycles. The van der Waals surface area contributed by atoms with Crippen molar-refractivity contribution >= 4 is 22.6 Å². The highest BCUT2D eigenvalue weighted by atomic mass is 19.4. The number of carbonyl (C=O) groups is 1. The van der Waals surface area contributed by atoms with Crippen LogP contribution >= 0.6 is 0 Å². The van der Waals surface area contributed by atoms with Gasteiger partial charge in [-0.15, -0.1) is 0 Å². The summed E-state index contributed by atoms with van der Waals surface area (Å²) in [6.07, 6.45) is -1.03. The number of carbonyl (C=O) groups excluding carboxylic acids is 1. The number of pyridine rings is 1. The fraction of sp³-hybridized carbons (Fsp3) is 0.263. The van der Waals surface area contributed by atoms with Crippen LogP contribution in [-0.2, 0) is 6.18 Å². The zero-order chi connectivity index (χ0) is 19.0. The summed E-state index contributed by atoms with van der Waals surface area (Å²) in [5.41, 5.74) is 0.690. The molecule has 0 aliphatic carbocycles. The number of H-pyrrole nitrogens is 1. The van der Waals surface area contributed by atoms with Crippen LogP contribution in [0.1, 0.15) is 22.3 Å². The van der Waals surface area contributed by atoms with Gasteiger partial charge in [0.2, 0.25) is 0 Å². The Hall–Kier alpha value is -3.03. The molecule has 27 heavy (non-hydrogen) atoms. The molecule has 8 heteroatoms. The Morgan fingerprint density at radius 3 is 2.81 bits per heavy atom. The molecule has 0 spiro atoms. The van der Waals surface area contributed by atoms with Crippen LogP contribution in [0.3, 0.4) is 0 Å². The summed E-state index contributed by atoms with van der Waals surface area (Å²) in [6, 6.07) is 9.70. The molecule has 5 nitrogen and oxygen atoms in total. The first-order valence-electron chi connectivity index (χ1n) is 8.56. The Morgan fingerprint density at radius 1 is 1.22 bits per heavy atom. The lowest BCUT2D eigenvalue weighted by Crippen LogP contribution is -2.37. The smallest absolute Gasteiger partial charge is 0.361 e. The predicted molar refractivity (Wildman–Crippen MR) is 95.6 cm³/mol. The first-order chi connectivity index (χ1) is 12.9. The first kappa shape index (κ1) is 17.4. The van der Waals surface area contributed by atoms with Gasteiger partial charge >= 0.3 is 6.18 Å². The minimum atomic E-state index is -4.40. The number of nitrogens with one attached hydrogen (secondary N) is 2. The fourth-order valence-corrected chi connectivity index (χ4v) is 3.28. The van der Waals surface area contributed by atoms with Gasteiger partial charge in [0.05, 0.1) is 5.56 Å². The van der Waals surface area contributed by atoms with E-state index in [4.69, 9.17) is 0 Å². The minimum Gasteiger partial charge on any atom is -0.361 e. The molecule has 0 bridgehead atoms. The number of alkyl halides is 3. The summed E-state index contributed by atoms with van der Waals surface area (Å²) < 4.78 is 37.9. The molecule has 0 saturated carbocycles. The lowest BCUT2D eigenvalue weighted by atomic mass is 10.1. The second-order valence-corrected chi connectivity index (χ2v) is 6.59. The molecule has 0 radical (unpaired) electrons. The van der Waals surface area contributed by atoms with Crippen LogP contribution in [0.5, 0.6) is 0 Å². The van der Waals surface area contributed by atoms with Gasteiger partial charge in [0.15, 0.2) is 0 Å². The van der Waals surface area contributed by atoms with Crippen molar-refractivity contribution in [2.45, 2.75) is 18.6 Å². The van der Waals surface area contributed by atoms with Gasteiger partial charge in [-0.1, -0.05) is 6.07 Å². The highest BCUT2D eigenvalue weighted by Gasteiger charge is 2.31. The Bertz CT molecular complexity index is 965. The number of hydrogen-bond donors (Lipinski definition) is 2. The van der Waals surface area contributed by atoms with Gasteiger partial charge in [-0.3, -0.25) is 4.79 Å². The average Bonchev–Trinajstić information content (AvgIpc) is 3.29. The van der Waals surface area contributed by atoms with E-state index < -0.39 is 11.7 Å². The van der Waals surface area contributed by atoms with Crippen molar-refractivity contribution in [3.8, 4) is 0 Å². The number of rotatable bonds is 3. The molecule has 3 aromatic rings. The molecule has 0 unspecified atom stereocenters. The van der Waals surface area contributed by atoms with Crippen molar-refractivity contribution < 1.29 is 18.0 Å². The van der Waals surface area contributed by atoms with E-state index in [1.54, 1.807) is 12.1 Å². The number of halogens is 3. The number of hydrogen-bond acceptors (Lipinski definition) is 3. The van der Waals surface area contributed by atoms with E-state index in [-0.39, 0.29) is 11.9 Å². The van der Waals surface area contributed by atoms with Crippen LogP contribution in [-0.4, -0.2) is 35.0 Å². The summed E-state index contributed by atoms with van der Waals surface area (Å²) in [6.45, 7) is 1.13. The molecule has 3 heterocycles. The topological polar surface area (TPSA) is 61.0 Å². The Labute approximate surface area is 153 Å². The van der Waals surface area contributed by atoms with Crippen molar-refractivity contribution in [1.29, 1.82) is 0 Å². The maximum Gasteiger partial charge on any atom is 0.417 e. The van der Waals surface area contributed by atoms with Gasteiger partial charge in [-0.25, -0.2) is 4.98 Å². The second kappa shape index (κ2) is 6.61. The quantitative estimate of drug-likeness (QED) is 0.737. The minimum absolute atomic E-state index is 0.0825. The van der Waals surface area contributed by atoms with Crippen LogP contribution in [0.15, 0.2) is 48.8 Å². The number of aromatic amines is 1. The summed E-state index contributed by atoms with van der Waals surface area (Å²) in [5.74, 6) is 0.311. The van der Waals surface area contributed by atoms with Gasteiger partial charge in [0.1, 0.15) is 5.82 Å². The lowest BCUT2D eigenvalue weighted by Gasteiger charge is -2.18. The summed E-state index contributed by atoms with van der Waals surface area (Å²) >= 11 is 0. The zero-order valence-electron chi connectivity index (χ0n) is 14.3. The van der Waals surface area contributed by atoms with Crippen LogP contribution < -0.4 is 10.2 Å². The second-order valence-electron chi connectivity index (χ2n) is 6.59. The first-order valence-corrected chi connectivity index (χ1v) is 8.56. The maximum atomic E-state index is 12.6. The van der Waals surface area contributed by atoms with Crippen molar-refractivity contribution in [3.63, 3.8) is 0 Å². The molecule has 1 aromatic carbocycles. The molecule has 140 valence electrons. The van der Waals surface area contributed by atoms with Gasteiger partial charge in [-0.05, 0) is 42.1 Å². The number of aromatic nitrogens is 2. The monoisotopic (exact) mass is 374 g/mol. The van der Waals surface area contributed by atoms with Crippen LogP contribution in [0.25, 0.3) is 10.9 Å². The van der Waals surface area contributed by atoms with Crippen LogP contribution in [0.4, 0.5) is 19.0 Å². The molecular weight excluding hydrogens is 357 g/mol. The van der Waals surface area contributed by atoms with E-state index in [2.05, 4.69) is 15.3 Å². The third-order valence-corrected chi connectivity index (χ3v) is 4.74. The van der Waals surface area contributed by atoms with E-state index >= 15 is 0 Å². The Kier molecular flexibility index (Phi) is 4.25. The number of benzene rings is 1. The molecule has 2 N–H and O–H groups in total. The lowest BCUT2D eigenvalue weighted by molar-refractivity contribution is -0.137. The third-order valence-electron chi connectivity index (χ3n) is 4.74. The standard InChI is InChI=1S/C19H17F3N4O/c20-19(21,22)14-3-4-17(24-10-14)26-8-6-15(11-26)25-18(27)13-2-1-12-5-7-23-16(12)9-13/h1-5,7,9-10,15,23H,6,8,11H2,(H,25,27)/t15-/m1/s1. The molecule has 1 aliphatic rings. The molecule has 1 atom stereocenters. The van der Waals surface area contributed by atoms with Crippen molar-refractivity contribution in [3.05, 3.63) is 59.9 Å². The van der Waals surface area contributed by atoms with E-state index in [0.717, 1.165) is 23.2 Å². The van der Waals surface area contributed by atoms with E-state index in [9.17, 15) is 18.0 Å². The van der Waals surface area contributed by atoms with E-state index in [1.807, 2.05) is 23.2 Å². The van der Waals surface area contributed by atoms with E-state index in [0.29, 0.717) is 30.9 Å². The molecule has 1 amide bonds. The largest absolute Gasteiger partial charge is 0.417 e. The van der Waals surface area contributed by atoms with E-state index in [1.165, 1.54) is 6.07 Å². The SMILES string of the molecule is O=C(N[C@@H]1CCN(c2ccc(C(F)(F)F)cn2)C1)c1ccc2cc[nH]c2c1. The highest BCUT2D eigenvalue weighted by molar-refractivity contribution is 5.98. The number of fused-ring (bicyclic) bond motifs is 1. The van der Waals surface area contributed by atoms with Gasteiger partial charge in [-0.2, -0.15) is 13.2 Å². The van der Waals surface area contributed by atoms with Gasteiger partial charge in [0.25, 0.3) is 5.91 Å². The molecule has 1 saturated heterocycles. The third kappa shape index (κ3) is 3.60.